The van der Waals surface area contributed by atoms with E-state index in [1.165, 1.54) is 12.8 Å². The molecule has 0 atom stereocenters. The van der Waals surface area contributed by atoms with Crippen LogP contribution in [0.2, 0.25) is 0 Å². The number of alkyl halides is 1. The maximum atomic E-state index is 5.47. The van der Waals surface area contributed by atoms with Crippen molar-refractivity contribution in [3.63, 3.8) is 0 Å². The molecule has 3 heteroatoms. The highest BCUT2D eigenvalue weighted by atomic mass is 35.5. The first-order valence-electron chi connectivity index (χ1n) is 3.23. The highest BCUT2D eigenvalue weighted by Crippen LogP contribution is 2.18. The van der Waals surface area contributed by atoms with Gasteiger partial charge in [0.15, 0.2) is 0 Å². The monoisotopic (exact) mass is 159 g/mol. The summed E-state index contributed by atoms with van der Waals surface area (Å²) in [7, 11) is 0. The largest absolute Gasteiger partial charge is 0.316 e. The van der Waals surface area contributed by atoms with Crippen LogP contribution in [-0.4, -0.2) is 41.5 Å². The molecule has 0 aromatic carbocycles. The number of hydrogen-bond acceptors (Lipinski definition) is 1. The van der Waals surface area contributed by atoms with Gasteiger partial charge in [-0.2, -0.15) is 0 Å². The Morgan fingerprint density at radius 3 is 2.56 bits per heavy atom. The molecule has 0 unspecified atom stereocenters. The quantitative estimate of drug-likeness (QED) is 0.357. The van der Waals surface area contributed by atoms with Crippen LogP contribution in [-0.2, 0) is 0 Å². The summed E-state index contributed by atoms with van der Waals surface area (Å²) in [6, 6.07) is 0.846. The lowest BCUT2D eigenvalue weighted by molar-refractivity contribution is 0.673. The van der Waals surface area contributed by atoms with Gasteiger partial charge >= 0.3 is 23.1 Å². The zero-order chi connectivity index (χ0) is 5.82. The highest BCUT2D eigenvalue weighted by molar-refractivity contribution is 6.17. The molecule has 1 fully saturated rings. The van der Waals surface area contributed by atoms with E-state index >= 15 is 0 Å². The normalized spacial score (nSPS) is 17.0. The summed E-state index contributed by atoms with van der Waals surface area (Å²) in [6.07, 6.45) is 3.86. The molecule has 0 spiro atoms. The second-order valence-electron chi connectivity index (χ2n) is 2.27. The van der Waals surface area contributed by atoms with Crippen LogP contribution in [0, 0.1) is 0 Å². The minimum absolute atomic E-state index is 0. The minimum Gasteiger partial charge on any atom is -0.314 e. The van der Waals surface area contributed by atoms with Crippen LogP contribution in [0.1, 0.15) is 19.3 Å². The lowest BCUT2D eigenvalue weighted by Gasteiger charge is -1.96. The molecule has 1 N–H and O–H groups in total. The molecule has 0 heterocycles. The molecule has 52 valence electrons. The molecule has 0 saturated heterocycles. The van der Waals surface area contributed by atoms with Crippen LogP contribution in [0.3, 0.4) is 0 Å². The predicted molar refractivity (Wildman–Crippen MR) is 44.9 cm³/mol. The van der Waals surface area contributed by atoms with Crippen LogP contribution >= 0.6 is 11.6 Å². The van der Waals surface area contributed by atoms with E-state index in [2.05, 4.69) is 5.32 Å². The Morgan fingerprint density at radius 2 is 2.11 bits per heavy atom. The van der Waals surface area contributed by atoms with Crippen molar-refractivity contribution in [2.45, 2.75) is 25.3 Å². The van der Waals surface area contributed by atoms with Gasteiger partial charge in [0.1, 0.15) is 0 Å². The van der Waals surface area contributed by atoms with Crippen molar-refractivity contribution < 1.29 is 0 Å². The Bertz CT molecular complexity index is 66.1. The van der Waals surface area contributed by atoms with Crippen molar-refractivity contribution in [1.29, 1.82) is 0 Å². The number of hydrogen-bond donors (Lipinski definition) is 1. The minimum atomic E-state index is 0. The first-order chi connectivity index (χ1) is 3.93. The molecule has 9 heavy (non-hydrogen) atoms. The van der Waals surface area contributed by atoms with Crippen molar-refractivity contribution in [3.8, 4) is 0 Å². The standard InChI is InChI=1S/C6H12ClN.Mg.2H/c7-4-1-5-8-6-2-3-6;;;/h6,8H,1-5H2;;;. The molecule has 0 aromatic heterocycles. The molecule has 0 bridgehead atoms. The summed E-state index contributed by atoms with van der Waals surface area (Å²) in [5, 5.41) is 3.37. The van der Waals surface area contributed by atoms with E-state index in [1.807, 2.05) is 0 Å². The van der Waals surface area contributed by atoms with Crippen LogP contribution in [0.4, 0.5) is 0 Å². The van der Waals surface area contributed by atoms with Crippen molar-refractivity contribution in [2.75, 3.05) is 12.4 Å². The number of rotatable bonds is 4. The smallest absolute Gasteiger partial charge is 0.314 e. The summed E-state index contributed by atoms with van der Waals surface area (Å²) < 4.78 is 0. The summed E-state index contributed by atoms with van der Waals surface area (Å²) in [5.74, 6) is 0.791. The fourth-order valence-electron chi connectivity index (χ4n) is 0.660. The van der Waals surface area contributed by atoms with Crippen LogP contribution in [0.25, 0.3) is 0 Å². The maximum Gasteiger partial charge on any atom is 0.316 e. The van der Waals surface area contributed by atoms with Gasteiger partial charge in [0.05, 0.1) is 0 Å². The second-order valence-corrected chi connectivity index (χ2v) is 2.65. The van der Waals surface area contributed by atoms with Gasteiger partial charge in [0.25, 0.3) is 0 Å². The molecule has 0 radical (unpaired) electrons. The lowest BCUT2D eigenvalue weighted by atomic mass is 10.5. The first-order valence-corrected chi connectivity index (χ1v) is 3.76. The van der Waals surface area contributed by atoms with E-state index in [0.717, 1.165) is 24.9 Å². The number of halogens is 1. The average molecular weight is 160 g/mol. The topological polar surface area (TPSA) is 12.0 Å². The van der Waals surface area contributed by atoms with Crippen LogP contribution in [0.15, 0.2) is 0 Å². The highest BCUT2D eigenvalue weighted by Gasteiger charge is 2.19. The number of nitrogens with one attached hydrogen (secondary N) is 1. The average Bonchev–Trinajstić information content (AvgIpc) is 2.51. The van der Waals surface area contributed by atoms with Gasteiger partial charge in [-0.3, -0.25) is 0 Å². The van der Waals surface area contributed by atoms with E-state index in [-0.39, 0.29) is 23.1 Å². The molecule has 0 amide bonds. The Labute approximate surface area is 77.7 Å². The summed E-state index contributed by atoms with van der Waals surface area (Å²) in [6.45, 7) is 1.11. The van der Waals surface area contributed by atoms with Crippen molar-refractivity contribution in [2.24, 2.45) is 0 Å². The molecule has 1 saturated carbocycles. The molecule has 0 aromatic rings. The van der Waals surface area contributed by atoms with Crippen molar-refractivity contribution in [1.82, 2.24) is 5.32 Å². The van der Waals surface area contributed by atoms with Crippen LogP contribution in [0.5, 0.6) is 0 Å². The molecule has 0 aliphatic heterocycles. The maximum absolute atomic E-state index is 5.47. The van der Waals surface area contributed by atoms with Crippen LogP contribution < -0.4 is 5.32 Å². The molecule has 1 nitrogen and oxygen atoms in total. The Balaban J connectivity index is 0.000000640. The van der Waals surface area contributed by atoms with Gasteiger partial charge in [-0.05, 0) is 25.8 Å². The molecule has 1 aliphatic carbocycles. The third-order valence-corrected chi connectivity index (χ3v) is 1.59. The Morgan fingerprint density at radius 1 is 1.44 bits per heavy atom. The van der Waals surface area contributed by atoms with Crippen molar-refractivity contribution in [3.05, 3.63) is 0 Å². The van der Waals surface area contributed by atoms with E-state index in [4.69, 9.17) is 11.6 Å². The van der Waals surface area contributed by atoms with E-state index in [1.54, 1.807) is 0 Å². The predicted octanol–water partition coefficient (Wildman–Crippen LogP) is 0.451. The zero-order valence-corrected chi connectivity index (χ0v) is 5.75. The molecule has 1 rings (SSSR count). The summed E-state index contributed by atoms with van der Waals surface area (Å²) in [5.41, 5.74) is 0. The lowest BCUT2D eigenvalue weighted by Crippen LogP contribution is -2.17. The summed E-state index contributed by atoms with van der Waals surface area (Å²) in [4.78, 5) is 0. The van der Waals surface area contributed by atoms with E-state index in [0.29, 0.717) is 0 Å². The molecular formula is C6H14ClMgN. The Kier molecular flexibility index (Phi) is 6.43. The third-order valence-electron chi connectivity index (χ3n) is 1.32. The van der Waals surface area contributed by atoms with E-state index in [9.17, 15) is 0 Å². The second kappa shape index (κ2) is 5.78. The third kappa shape index (κ3) is 5.46. The van der Waals surface area contributed by atoms with Gasteiger partial charge in [-0.25, -0.2) is 0 Å². The van der Waals surface area contributed by atoms with Gasteiger partial charge in [-0.15, -0.1) is 11.6 Å². The molecular weight excluding hydrogens is 146 g/mol. The van der Waals surface area contributed by atoms with Gasteiger partial charge in [-0.1, -0.05) is 0 Å². The summed E-state index contributed by atoms with van der Waals surface area (Å²) >= 11 is 5.47. The Hall–Kier alpha value is 1.02. The SMILES string of the molecule is ClCCCNC1CC1.[MgH2]. The zero-order valence-electron chi connectivity index (χ0n) is 4.99. The van der Waals surface area contributed by atoms with Gasteiger partial charge < -0.3 is 5.32 Å². The fourth-order valence-corrected chi connectivity index (χ4v) is 0.794. The molecule has 1 aliphatic rings. The van der Waals surface area contributed by atoms with Gasteiger partial charge in [0, 0.05) is 11.9 Å². The van der Waals surface area contributed by atoms with E-state index < -0.39 is 0 Å². The van der Waals surface area contributed by atoms with Crippen molar-refractivity contribution >= 4 is 34.7 Å². The first kappa shape index (κ1) is 10.0. The fraction of sp³-hybridized carbons (Fsp3) is 1.00. The van der Waals surface area contributed by atoms with Gasteiger partial charge in [0.2, 0.25) is 0 Å².